The third-order valence-electron chi connectivity index (χ3n) is 3.65. The Hall–Kier alpha value is -2.31. The predicted molar refractivity (Wildman–Crippen MR) is 78.8 cm³/mol. The van der Waals surface area contributed by atoms with Crippen molar-refractivity contribution in [3.63, 3.8) is 0 Å². The molecule has 0 amide bonds. The smallest absolute Gasteiger partial charge is 0.225 e. The first kappa shape index (κ1) is 12.7. The van der Waals surface area contributed by atoms with Crippen molar-refractivity contribution in [3.05, 3.63) is 24.2 Å². The van der Waals surface area contributed by atoms with Crippen molar-refractivity contribution < 1.29 is 0 Å². The Morgan fingerprint density at radius 3 is 2.20 bits per heavy atom. The van der Waals surface area contributed by atoms with Gasteiger partial charge in [-0.15, -0.1) is 0 Å². The molecule has 1 aliphatic rings. The predicted octanol–water partition coefficient (Wildman–Crippen LogP) is 0.427. The van der Waals surface area contributed by atoms with Gasteiger partial charge in [-0.1, -0.05) is 0 Å². The number of hydrogen-bond acceptors (Lipinski definition) is 6. The second kappa shape index (κ2) is 4.99. The molecule has 2 aromatic rings. The fourth-order valence-corrected chi connectivity index (χ4v) is 2.61. The topological polar surface area (TPSA) is 76.1 Å². The first-order valence-corrected chi connectivity index (χ1v) is 6.73. The van der Waals surface area contributed by atoms with Gasteiger partial charge in [0.05, 0.1) is 11.4 Å². The van der Waals surface area contributed by atoms with Gasteiger partial charge in [0.1, 0.15) is 0 Å². The van der Waals surface area contributed by atoms with E-state index in [1.807, 2.05) is 24.7 Å². The van der Waals surface area contributed by atoms with E-state index in [1.54, 1.807) is 12.4 Å². The molecule has 1 saturated heterocycles. The maximum absolute atomic E-state index is 6.12. The molecule has 2 aromatic heterocycles. The molecule has 2 N–H and O–H groups in total. The van der Waals surface area contributed by atoms with Crippen LogP contribution in [0.1, 0.15) is 5.69 Å². The summed E-state index contributed by atoms with van der Waals surface area (Å²) >= 11 is 0. The van der Waals surface area contributed by atoms with Crippen molar-refractivity contribution in [2.24, 2.45) is 7.05 Å². The summed E-state index contributed by atoms with van der Waals surface area (Å²) in [6, 6.07) is 1.83. The SMILES string of the molecule is Cc1nn(C)c(N2CCN(c3ncccn3)CC2)c1N. The summed E-state index contributed by atoms with van der Waals surface area (Å²) in [4.78, 5) is 13.0. The molecule has 0 spiro atoms. The van der Waals surface area contributed by atoms with Crippen LogP contribution in [0.3, 0.4) is 0 Å². The normalized spacial score (nSPS) is 15.7. The highest BCUT2D eigenvalue weighted by Crippen LogP contribution is 2.26. The van der Waals surface area contributed by atoms with Gasteiger partial charge in [0.25, 0.3) is 0 Å². The van der Waals surface area contributed by atoms with Crippen LogP contribution in [0, 0.1) is 6.92 Å². The van der Waals surface area contributed by atoms with Gasteiger partial charge >= 0.3 is 0 Å². The molecule has 7 heteroatoms. The van der Waals surface area contributed by atoms with Gasteiger partial charge in [0.15, 0.2) is 5.82 Å². The van der Waals surface area contributed by atoms with Gasteiger partial charge in [-0.2, -0.15) is 5.10 Å². The molecule has 0 atom stereocenters. The average molecular weight is 273 g/mol. The lowest BCUT2D eigenvalue weighted by atomic mass is 10.3. The molecule has 0 aliphatic carbocycles. The molecule has 106 valence electrons. The quantitative estimate of drug-likeness (QED) is 0.855. The first-order chi connectivity index (χ1) is 9.66. The van der Waals surface area contributed by atoms with Gasteiger partial charge in [0, 0.05) is 45.6 Å². The highest BCUT2D eigenvalue weighted by atomic mass is 15.4. The fourth-order valence-electron chi connectivity index (χ4n) is 2.61. The number of anilines is 3. The third kappa shape index (κ3) is 2.15. The van der Waals surface area contributed by atoms with Crippen LogP contribution < -0.4 is 15.5 Å². The highest BCUT2D eigenvalue weighted by molar-refractivity contribution is 5.66. The summed E-state index contributed by atoms with van der Waals surface area (Å²) in [6.45, 7) is 5.48. The molecule has 0 unspecified atom stereocenters. The van der Waals surface area contributed by atoms with Crippen molar-refractivity contribution in [1.29, 1.82) is 0 Å². The van der Waals surface area contributed by atoms with Crippen molar-refractivity contribution in [2.75, 3.05) is 41.7 Å². The zero-order valence-corrected chi connectivity index (χ0v) is 11.8. The van der Waals surface area contributed by atoms with Crippen LogP contribution in [-0.4, -0.2) is 45.9 Å². The number of nitrogen functional groups attached to an aromatic ring is 1. The fraction of sp³-hybridized carbons (Fsp3) is 0.462. The highest BCUT2D eigenvalue weighted by Gasteiger charge is 2.23. The lowest BCUT2D eigenvalue weighted by molar-refractivity contribution is 0.615. The number of aromatic nitrogens is 4. The summed E-state index contributed by atoms with van der Waals surface area (Å²) in [5, 5.41) is 4.37. The minimum absolute atomic E-state index is 0.775. The Balaban J connectivity index is 1.73. The Bertz CT molecular complexity index is 584. The van der Waals surface area contributed by atoms with E-state index < -0.39 is 0 Å². The van der Waals surface area contributed by atoms with Crippen molar-refractivity contribution in [3.8, 4) is 0 Å². The molecule has 0 saturated carbocycles. The van der Waals surface area contributed by atoms with Crippen LogP contribution in [0.5, 0.6) is 0 Å². The Labute approximate surface area is 118 Å². The Kier molecular flexibility index (Phi) is 3.17. The minimum Gasteiger partial charge on any atom is -0.394 e. The monoisotopic (exact) mass is 273 g/mol. The molecule has 1 fully saturated rings. The van der Waals surface area contributed by atoms with E-state index in [4.69, 9.17) is 5.73 Å². The van der Waals surface area contributed by atoms with E-state index in [0.29, 0.717) is 0 Å². The Morgan fingerprint density at radius 2 is 1.65 bits per heavy atom. The standard InChI is InChI=1S/C13H19N7/c1-10-11(14)12(18(2)17-10)19-6-8-20(9-7-19)13-15-4-3-5-16-13/h3-5H,6-9,14H2,1-2H3. The van der Waals surface area contributed by atoms with Crippen LogP contribution in [0.15, 0.2) is 18.5 Å². The Morgan fingerprint density at radius 1 is 1.05 bits per heavy atom. The number of aryl methyl sites for hydroxylation is 2. The second-order valence-corrected chi connectivity index (χ2v) is 4.97. The summed E-state index contributed by atoms with van der Waals surface area (Å²) in [5.74, 6) is 1.80. The molecule has 0 bridgehead atoms. The van der Waals surface area contributed by atoms with E-state index in [0.717, 1.165) is 49.3 Å². The van der Waals surface area contributed by atoms with E-state index in [-0.39, 0.29) is 0 Å². The lowest BCUT2D eigenvalue weighted by Crippen LogP contribution is -2.47. The van der Waals surface area contributed by atoms with E-state index >= 15 is 0 Å². The van der Waals surface area contributed by atoms with E-state index in [9.17, 15) is 0 Å². The van der Waals surface area contributed by atoms with Crippen molar-refractivity contribution in [1.82, 2.24) is 19.7 Å². The molecule has 0 aromatic carbocycles. The number of hydrogen-bond donors (Lipinski definition) is 1. The van der Waals surface area contributed by atoms with Gasteiger partial charge in [-0.05, 0) is 13.0 Å². The molecular weight excluding hydrogens is 254 g/mol. The van der Waals surface area contributed by atoms with Crippen LogP contribution >= 0.6 is 0 Å². The van der Waals surface area contributed by atoms with E-state index in [1.165, 1.54) is 0 Å². The van der Waals surface area contributed by atoms with Crippen LogP contribution in [0.4, 0.5) is 17.5 Å². The second-order valence-electron chi connectivity index (χ2n) is 4.97. The average Bonchev–Trinajstić information content (AvgIpc) is 2.73. The largest absolute Gasteiger partial charge is 0.394 e. The molecular formula is C13H19N7. The third-order valence-corrected chi connectivity index (χ3v) is 3.65. The maximum atomic E-state index is 6.12. The molecule has 0 radical (unpaired) electrons. The van der Waals surface area contributed by atoms with Crippen molar-refractivity contribution >= 4 is 17.5 Å². The summed E-state index contributed by atoms with van der Waals surface area (Å²) in [5.41, 5.74) is 7.78. The van der Waals surface area contributed by atoms with Gasteiger partial charge < -0.3 is 15.5 Å². The van der Waals surface area contributed by atoms with Crippen LogP contribution in [0.2, 0.25) is 0 Å². The van der Waals surface area contributed by atoms with Gasteiger partial charge in [-0.25, -0.2) is 9.97 Å². The number of piperazine rings is 1. The lowest BCUT2D eigenvalue weighted by Gasteiger charge is -2.35. The van der Waals surface area contributed by atoms with Crippen molar-refractivity contribution in [2.45, 2.75) is 6.92 Å². The zero-order valence-electron chi connectivity index (χ0n) is 11.8. The van der Waals surface area contributed by atoms with Gasteiger partial charge in [0.2, 0.25) is 5.95 Å². The molecule has 7 nitrogen and oxygen atoms in total. The minimum atomic E-state index is 0.775. The van der Waals surface area contributed by atoms with Crippen LogP contribution in [-0.2, 0) is 7.05 Å². The molecule has 3 heterocycles. The van der Waals surface area contributed by atoms with E-state index in [2.05, 4.69) is 24.9 Å². The maximum Gasteiger partial charge on any atom is 0.225 e. The summed E-state index contributed by atoms with van der Waals surface area (Å²) in [6.07, 6.45) is 3.55. The number of nitrogens with two attached hydrogens (primary N) is 1. The summed E-state index contributed by atoms with van der Waals surface area (Å²) < 4.78 is 1.86. The summed E-state index contributed by atoms with van der Waals surface area (Å²) in [7, 11) is 1.94. The zero-order chi connectivity index (χ0) is 14.1. The number of nitrogens with zero attached hydrogens (tertiary/aromatic N) is 6. The molecule has 3 rings (SSSR count). The molecule has 1 aliphatic heterocycles. The first-order valence-electron chi connectivity index (χ1n) is 6.73. The molecule has 20 heavy (non-hydrogen) atoms. The van der Waals surface area contributed by atoms with Crippen LogP contribution in [0.25, 0.3) is 0 Å². The van der Waals surface area contributed by atoms with Gasteiger partial charge in [-0.3, -0.25) is 4.68 Å². The number of rotatable bonds is 2.